The largest absolute Gasteiger partial charge is 0.310 e. The molecule has 0 aliphatic carbocycles. The van der Waals surface area contributed by atoms with Crippen molar-refractivity contribution in [2.24, 2.45) is 0 Å². The van der Waals surface area contributed by atoms with Crippen LogP contribution in [0.4, 0.5) is 0 Å². The molecular weight excluding hydrogens is 232 g/mol. The SMILES string of the molecule is CCCN(CC)CCC(NCC)c1ccc(C)cc1. The topological polar surface area (TPSA) is 15.3 Å². The van der Waals surface area contributed by atoms with Gasteiger partial charge in [-0.25, -0.2) is 0 Å². The zero-order valence-corrected chi connectivity index (χ0v) is 13.1. The fourth-order valence-electron chi connectivity index (χ4n) is 2.49. The highest BCUT2D eigenvalue weighted by Gasteiger charge is 2.11. The van der Waals surface area contributed by atoms with E-state index >= 15 is 0 Å². The van der Waals surface area contributed by atoms with Gasteiger partial charge in [-0.05, 0) is 51.5 Å². The van der Waals surface area contributed by atoms with E-state index in [0.29, 0.717) is 6.04 Å². The van der Waals surface area contributed by atoms with Gasteiger partial charge in [0.1, 0.15) is 0 Å². The van der Waals surface area contributed by atoms with Gasteiger partial charge in [0.05, 0.1) is 0 Å². The molecule has 1 aromatic carbocycles. The summed E-state index contributed by atoms with van der Waals surface area (Å²) in [7, 11) is 0. The molecule has 0 saturated carbocycles. The van der Waals surface area contributed by atoms with E-state index in [1.54, 1.807) is 0 Å². The Morgan fingerprint density at radius 2 is 1.74 bits per heavy atom. The molecule has 2 heteroatoms. The minimum absolute atomic E-state index is 0.483. The van der Waals surface area contributed by atoms with E-state index in [2.05, 4.69) is 62.2 Å². The normalized spacial score (nSPS) is 12.9. The molecule has 0 bridgehead atoms. The second-order valence-electron chi connectivity index (χ2n) is 5.24. The number of rotatable bonds is 9. The lowest BCUT2D eigenvalue weighted by atomic mass is 10.0. The number of aryl methyl sites for hydroxylation is 1. The standard InChI is InChI=1S/C17H30N2/c1-5-13-19(7-3)14-12-17(18-6-2)16-10-8-15(4)9-11-16/h8-11,17-18H,5-7,12-14H2,1-4H3. The van der Waals surface area contributed by atoms with E-state index in [9.17, 15) is 0 Å². The summed E-state index contributed by atoms with van der Waals surface area (Å²) in [6.07, 6.45) is 2.43. The molecule has 1 aromatic rings. The number of hydrogen-bond donors (Lipinski definition) is 1. The van der Waals surface area contributed by atoms with E-state index in [1.807, 2.05) is 0 Å². The Bertz CT molecular complexity index is 332. The summed E-state index contributed by atoms with van der Waals surface area (Å²) in [6.45, 7) is 13.4. The molecule has 2 nitrogen and oxygen atoms in total. The van der Waals surface area contributed by atoms with Crippen LogP contribution < -0.4 is 5.32 Å². The molecule has 1 unspecified atom stereocenters. The molecule has 0 saturated heterocycles. The Balaban J connectivity index is 2.59. The molecule has 0 radical (unpaired) electrons. The van der Waals surface area contributed by atoms with Gasteiger partial charge < -0.3 is 10.2 Å². The summed E-state index contributed by atoms with van der Waals surface area (Å²) in [5.74, 6) is 0. The van der Waals surface area contributed by atoms with Crippen LogP contribution in [0.2, 0.25) is 0 Å². The lowest BCUT2D eigenvalue weighted by Crippen LogP contribution is -2.30. The van der Waals surface area contributed by atoms with Gasteiger partial charge in [0, 0.05) is 6.04 Å². The second kappa shape index (κ2) is 9.11. The molecule has 1 rings (SSSR count). The summed E-state index contributed by atoms with van der Waals surface area (Å²) in [4.78, 5) is 2.54. The van der Waals surface area contributed by atoms with E-state index in [-0.39, 0.29) is 0 Å². The lowest BCUT2D eigenvalue weighted by Gasteiger charge is -2.24. The Labute approximate surface area is 119 Å². The predicted octanol–water partition coefficient (Wildman–Crippen LogP) is 3.77. The number of hydrogen-bond acceptors (Lipinski definition) is 2. The third kappa shape index (κ3) is 5.75. The molecule has 0 aliphatic rings. The molecule has 1 atom stereocenters. The first kappa shape index (κ1) is 16.2. The van der Waals surface area contributed by atoms with Crippen molar-refractivity contribution in [3.63, 3.8) is 0 Å². The van der Waals surface area contributed by atoms with E-state index in [1.165, 1.54) is 37.1 Å². The van der Waals surface area contributed by atoms with Crippen LogP contribution in [-0.4, -0.2) is 31.1 Å². The first-order valence-corrected chi connectivity index (χ1v) is 7.73. The first-order valence-electron chi connectivity index (χ1n) is 7.73. The molecule has 0 amide bonds. The second-order valence-corrected chi connectivity index (χ2v) is 5.24. The van der Waals surface area contributed by atoms with Crippen molar-refractivity contribution in [3.8, 4) is 0 Å². The van der Waals surface area contributed by atoms with Crippen LogP contribution in [0.3, 0.4) is 0 Å². The molecule has 0 aliphatic heterocycles. The minimum atomic E-state index is 0.483. The molecule has 0 heterocycles. The fourth-order valence-corrected chi connectivity index (χ4v) is 2.49. The van der Waals surface area contributed by atoms with Crippen LogP contribution in [0.5, 0.6) is 0 Å². The van der Waals surface area contributed by atoms with Crippen molar-refractivity contribution in [3.05, 3.63) is 35.4 Å². The fraction of sp³-hybridized carbons (Fsp3) is 0.647. The Hall–Kier alpha value is -0.860. The van der Waals surface area contributed by atoms with E-state index in [0.717, 1.165) is 13.1 Å². The van der Waals surface area contributed by atoms with Crippen molar-refractivity contribution >= 4 is 0 Å². The quantitative estimate of drug-likeness (QED) is 0.729. The zero-order chi connectivity index (χ0) is 14.1. The van der Waals surface area contributed by atoms with Gasteiger partial charge in [0.2, 0.25) is 0 Å². The molecule has 19 heavy (non-hydrogen) atoms. The molecule has 1 N–H and O–H groups in total. The maximum absolute atomic E-state index is 3.61. The van der Waals surface area contributed by atoms with E-state index < -0.39 is 0 Å². The van der Waals surface area contributed by atoms with Gasteiger partial charge in [-0.3, -0.25) is 0 Å². The van der Waals surface area contributed by atoms with Crippen LogP contribution in [0.15, 0.2) is 24.3 Å². The zero-order valence-electron chi connectivity index (χ0n) is 13.1. The maximum atomic E-state index is 3.61. The molecule has 0 aromatic heterocycles. The van der Waals surface area contributed by atoms with Crippen molar-refractivity contribution in [2.45, 2.75) is 46.6 Å². The minimum Gasteiger partial charge on any atom is -0.310 e. The van der Waals surface area contributed by atoms with Crippen molar-refractivity contribution in [2.75, 3.05) is 26.2 Å². The maximum Gasteiger partial charge on any atom is 0.0332 e. The molecular formula is C17H30N2. The smallest absolute Gasteiger partial charge is 0.0332 e. The summed E-state index contributed by atoms with van der Waals surface area (Å²) >= 11 is 0. The van der Waals surface area contributed by atoms with E-state index in [4.69, 9.17) is 0 Å². The average Bonchev–Trinajstić information content (AvgIpc) is 2.43. The van der Waals surface area contributed by atoms with Gasteiger partial charge in [-0.15, -0.1) is 0 Å². The summed E-state index contributed by atoms with van der Waals surface area (Å²) in [5, 5.41) is 3.61. The molecule has 0 spiro atoms. The predicted molar refractivity (Wildman–Crippen MR) is 84.6 cm³/mol. The van der Waals surface area contributed by atoms with Crippen LogP contribution >= 0.6 is 0 Å². The van der Waals surface area contributed by atoms with Crippen LogP contribution in [0.1, 0.15) is 50.8 Å². The summed E-state index contributed by atoms with van der Waals surface area (Å²) in [5.41, 5.74) is 2.75. The number of nitrogens with one attached hydrogen (secondary N) is 1. The van der Waals surface area contributed by atoms with Crippen LogP contribution in [0, 0.1) is 6.92 Å². The average molecular weight is 262 g/mol. The number of nitrogens with zero attached hydrogens (tertiary/aromatic N) is 1. The van der Waals surface area contributed by atoms with Gasteiger partial charge in [0.25, 0.3) is 0 Å². The Morgan fingerprint density at radius 3 is 2.26 bits per heavy atom. The van der Waals surface area contributed by atoms with Crippen LogP contribution in [-0.2, 0) is 0 Å². The summed E-state index contributed by atoms with van der Waals surface area (Å²) < 4.78 is 0. The highest BCUT2D eigenvalue weighted by atomic mass is 15.1. The number of benzene rings is 1. The van der Waals surface area contributed by atoms with Gasteiger partial charge in [-0.2, -0.15) is 0 Å². The summed E-state index contributed by atoms with van der Waals surface area (Å²) in [6, 6.07) is 9.43. The highest BCUT2D eigenvalue weighted by molar-refractivity contribution is 5.24. The third-order valence-electron chi connectivity index (χ3n) is 3.65. The lowest BCUT2D eigenvalue weighted by molar-refractivity contribution is 0.270. The first-order chi connectivity index (χ1) is 9.21. The van der Waals surface area contributed by atoms with Crippen molar-refractivity contribution in [1.82, 2.24) is 10.2 Å². The Morgan fingerprint density at radius 1 is 1.05 bits per heavy atom. The van der Waals surface area contributed by atoms with Crippen molar-refractivity contribution < 1.29 is 0 Å². The van der Waals surface area contributed by atoms with Gasteiger partial charge in [-0.1, -0.05) is 50.6 Å². The van der Waals surface area contributed by atoms with Gasteiger partial charge >= 0.3 is 0 Å². The monoisotopic (exact) mass is 262 g/mol. The Kier molecular flexibility index (Phi) is 7.76. The third-order valence-corrected chi connectivity index (χ3v) is 3.65. The van der Waals surface area contributed by atoms with Gasteiger partial charge in [0.15, 0.2) is 0 Å². The highest BCUT2D eigenvalue weighted by Crippen LogP contribution is 2.18. The molecule has 0 fully saturated rings. The molecule has 108 valence electrons. The van der Waals surface area contributed by atoms with Crippen LogP contribution in [0.25, 0.3) is 0 Å². The van der Waals surface area contributed by atoms with Crippen molar-refractivity contribution in [1.29, 1.82) is 0 Å².